The molecule has 0 aromatic carbocycles. The highest BCUT2D eigenvalue weighted by Gasteiger charge is 2.32. The smallest absolute Gasteiger partial charge is 0.00771 e. The van der Waals surface area contributed by atoms with Crippen LogP contribution in [0.1, 0.15) is 86.0 Å². The van der Waals surface area contributed by atoms with Gasteiger partial charge in [0.15, 0.2) is 0 Å². The molecule has 1 aliphatic rings. The molecule has 1 rings (SSSR count). The van der Waals surface area contributed by atoms with Crippen molar-refractivity contribution in [3.8, 4) is 0 Å². The lowest BCUT2D eigenvalue weighted by atomic mass is 9.70. The summed E-state index contributed by atoms with van der Waals surface area (Å²) in [6, 6.07) is 1.46. The molecule has 1 N–H and O–H groups in total. The van der Waals surface area contributed by atoms with E-state index in [4.69, 9.17) is 0 Å². The third-order valence-corrected chi connectivity index (χ3v) is 4.40. The van der Waals surface area contributed by atoms with Crippen molar-refractivity contribution in [3.05, 3.63) is 0 Å². The van der Waals surface area contributed by atoms with E-state index in [0.717, 1.165) is 12.0 Å². The maximum atomic E-state index is 3.88. The van der Waals surface area contributed by atoms with E-state index in [0.29, 0.717) is 11.5 Å². The summed E-state index contributed by atoms with van der Waals surface area (Å²) in [5.74, 6) is 0.888. The van der Waals surface area contributed by atoms with Crippen LogP contribution in [0.3, 0.4) is 0 Å². The van der Waals surface area contributed by atoms with E-state index in [1.807, 2.05) is 0 Å². The van der Waals surface area contributed by atoms with Gasteiger partial charge in [0.25, 0.3) is 0 Å². The highest BCUT2D eigenvalue weighted by molar-refractivity contribution is 4.87. The molecule has 1 heteroatoms. The first kappa shape index (κ1) is 16.0. The van der Waals surface area contributed by atoms with Crippen LogP contribution in [0, 0.1) is 11.3 Å². The maximum Gasteiger partial charge on any atom is 0.00771 e. The van der Waals surface area contributed by atoms with Crippen molar-refractivity contribution in [2.45, 2.75) is 98.1 Å². The van der Waals surface area contributed by atoms with Crippen molar-refractivity contribution >= 4 is 0 Å². The first-order valence-corrected chi connectivity index (χ1v) is 8.19. The Morgan fingerprint density at radius 3 is 2.50 bits per heavy atom. The molecule has 3 unspecified atom stereocenters. The number of unbranched alkanes of at least 4 members (excludes halogenated alkanes) is 3. The molecule has 1 aliphatic carbocycles. The molecule has 0 heterocycles. The zero-order valence-electron chi connectivity index (χ0n) is 13.4. The molecule has 1 fully saturated rings. The summed E-state index contributed by atoms with van der Waals surface area (Å²) in [6.45, 7) is 11.9. The molecule has 0 aromatic heterocycles. The minimum absolute atomic E-state index is 0.539. The Morgan fingerprint density at radius 2 is 1.89 bits per heavy atom. The quantitative estimate of drug-likeness (QED) is 0.619. The summed E-state index contributed by atoms with van der Waals surface area (Å²) in [4.78, 5) is 0. The van der Waals surface area contributed by atoms with Crippen LogP contribution >= 0.6 is 0 Å². The largest absolute Gasteiger partial charge is 0.311 e. The molecule has 1 nitrogen and oxygen atoms in total. The molecule has 108 valence electrons. The molecular formula is C17H35N. The summed E-state index contributed by atoms with van der Waals surface area (Å²) in [7, 11) is 0. The highest BCUT2D eigenvalue weighted by atomic mass is 14.9. The van der Waals surface area contributed by atoms with Crippen LogP contribution in [0.4, 0.5) is 0 Å². The highest BCUT2D eigenvalue weighted by Crippen LogP contribution is 2.38. The Hall–Kier alpha value is -0.0400. The predicted molar refractivity (Wildman–Crippen MR) is 81.9 cm³/mol. The fourth-order valence-electron chi connectivity index (χ4n) is 3.84. The zero-order chi connectivity index (χ0) is 13.6. The van der Waals surface area contributed by atoms with Crippen LogP contribution in [0.25, 0.3) is 0 Å². The van der Waals surface area contributed by atoms with Gasteiger partial charge in [0, 0.05) is 12.1 Å². The summed E-state index contributed by atoms with van der Waals surface area (Å²) in [5.41, 5.74) is 0.539. The van der Waals surface area contributed by atoms with Crippen LogP contribution < -0.4 is 5.32 Å². The first-order valence-electron chi connectivity index (χ1n) is 8.19. The molecule has 18 heavy (non-hydrogen) atoms. The van der Waals surface area contributed by atoms with Crippen LogP contribution in [-0.2, 0) is 0 Å². The van der Waals surface area contributed by atoms with Gasteiger partial charge in [0.1, 0.15) is 0 Å². The fraction of sp³-hybridized carbons (Fsp3) is 1.00. The predicted octanol–water partition coefficient (Wildman–Crippen LogP) is 5.15. The molecule has 3 atom stereocenters. The van der Waals surface area contributed by atoms with E-state index in [1.165, 1.54) is 51.4 Å². The van der Waals surface area contributed by atoms with E-state index in [9.17, 15) is 0 Å². The maximum absolute atomic E-state index is 3.88. The third-order valence-electron chi connectivity index (χ3n) is 4.40. The van der Waals surface area contributed by atoms with Crippen LogP contribution in [0.5, 0.6) is 0 Å². The van der Waals surface area contributed by atoms with Gasteiger partial charge < -0.3 is 5.32 Å². The number of nitrogens with one attached hydrogen (secondary N) is 1. The van der Waals surface area contributed by atoms with Gasteiger partial charge in [-0.3, -0.25) is 0 Å². The van der Waals surface area contributed by atoms with Crippen molar-refractivity contribution < 1.29 is 0 Å². The number of hydrogen-bond acceptors (Lipinski definition) is 1. The second-order valence-electron chi connectivity index (χ2n) is 7.53. The van der Waals surface area contributed by atoms with Gasteiger partial charge in [0.05, 0.1) is 0 Å². The average Bonchev–Trinajstić information content (AvgIpc) is 2.21. The van der Waals surface area contributed by atoms with E-state index in [2.05, 4.69) is 39.9 Å². The Kier molecular flexibility index (Phi) is 6.70. The monoisotopic (exact) mass is 253 g/mol. The lowest BCUT2D eigenvalue weighted by Gasteiger charge is -2.40. The third kappa shape index (κ3) is 6.22. The normalized spacial score (nSPS) is 29.2. The van der Waals surface area contributed by atoms with Gasteiger partial charge in [-0.2, -0.15) is 0 Å². The molecule has 0 saturated heterocycles. The number of hydrogen-bond donors (Lipinski definition) is 1. The second kappa shape index (κ2) is 7.53. The summed E-state index contributed by atoms with van der Waals surface area (Å²) in [6.07, 6.45) is 11.0. The summed E-state index contributed by atoms with van der Waals surface area (Å²) in [5, 5.41) is 3.88. The lowest BCUT2D eigenvalue weighted by Crippen LogP contribution is -2.43. The van der Waals surface area contributed by atoms with Crippen molar-refractivity contribution in [1.82, 2.24) is 5.32 Å². The van der Waals surface area contributed by atoms with Crippen molar-refractivity contribution in [3.63, 3.8) is 0 Å². The van der Waals surface area contributed by atoms with E-state index in [1.54, 1.807) is 0 Å². The van der Waals surface area contributed by atoms with Gasteiger partial charge in [-0.05, 0) is 43.9 Å². The van der Waals surface area contributed by atoms with Crippen LogP contribution in [-0.4, -0.2) is 12.1 Å². The summed E-state index contributed by atoms with van der Waals surface area (Å²) < 4.78 is 0. The Labute approximate surface area is 115 Å². The minimum Gasteiger partial charge on any atom is -0.311 e. The Bertz CT molecular complexity index is 222. The van der Waals surface area contributed by atoms with Crippen LogP contribution in [0.2, 0.25) is 0 Å². The van der Waals surface area contributed by atoms with Crippen molar-refractivity contribution in [2.75, 3.05) is 0 Å². The second-order valence-corrected chi connectivity index (χ2v) is 7.53. The SMILES string of the molecule is CCCCCCC(C)NC1CC(C)CC(C)(C)C1. The van der Waals surface area contributed by atoms with E-state index < -0.39 is 0 Å². The first-order chi connectivity index (χ1) is 8.43. The zero-order valence-corrected chi connectivity index (χ0v) is 13.4. The fourth-order valence-corrected chi connectivity index (χ4v) is 3.84. The van der Waals surface area contributed by atoms with Gasteiger partial charge in [0.2, 0.25) is 0 Å². The van der Waals surface area contributed by atoms with Crippen molar-refractivity contribution in [1.29, 1.82) is 0 Å². The number of rotatable bonds is 7. The lowest BCUT2D eigenvalue weighted by molar-refractivity contribution is 0.144. The summed E-state index contributed by atoms with van der Waals surface area (Å²) >= 11 is 0. The Morgan fingerprint density at radius 1 is 1.17 bits per heavy atom. The molecule has 0 amide bonds. The minimum atomic E-state index is 0.539. The molecule has 0 aromatic rings. The topological polar surface area (TPSA) is 12.0 Å². The molecular weight excluding hydrogens is 218 g/mol. The molecule has 0 radical (unpaired) electrons. The molecule has 0 aliphatic heterocycles. The molecule has 0 spiro atoms. The molecule has 1 saturated carbocycles. The van der Waals surface area contributed by atoms with E-state index in [-0.39, 0.29) is 0 Å². The Balaban J connectivity index is 2.24. The van der Waals surface area contributed by atoms with Gasteiger partial charge in [-0.1, -0.05) is 53.4 Å². The van der Waals surface area contributed by atoms with E-state index >= 15 is 0 Å². The molecule has 0 bridgehead atoms. The van der Waals surface area contributed by atoms with Gasteiger partial charge in [-0.15, -0.1) is 0 Å². The average molecular weight is 253 g/mol. The van der Waals surface area contributed by atoms with Crippen LogP contribution in [0.15, 0.2) is 0 Å². The standard InChI is InChI=1S/C17H35N/c1-6-7-8-9-10-15(3)18-16-11-14(2)12-17(4,5)13-16/h14-16,18H,6-13H2,1-5H3. The van der Waals surface area contributed by atoms with Gasteiger partial charge >= 0.3 is 0 Å². The van der Waals surface area contributed by atoms with Crippen molar-refractivity contribution in [2.24, 2.45) is 11.3 Å². The van der Waals surface area contributed by atoms with Gasteiger partial charge in [-0.25, -0.2) is 0 Å².